The van der Waals surface area contributed by atoms with Crippen LogP contribution < -0.4 is 0 Å². The first-order valence-electron chi connectivity index (χ1n) is 5.42. The van der Waals surface area contributed by atoms with Crippen molar-refractivity contribution in [1.29, 1.82) is 0 Å². The molecule has 0 saturated carbocycles. The normalized spacial score (nSPS) is 10.8. The SMILES string of the molecule is CCc1ccc(CCC(=O)O)c2sccc12. The number of aryl methyl sites for hydroxylation is 2. The van der Waals surface area contributed by atoms with Crippen LogP contribution in [0.4, 0.5) is 0 Å². The van der Waals surface area contributed by atoms with E-state index in [1.54, 1.807) is 11.3 Å². The number of thiophene rings is 1. The van der Waals surface area contributed by atoms with E-state index in [0.29, 0.717) is 6.42 Å². The Morgan fingerprint density at radius 1 is 1.31 bits per heavy atom. The van der Waals surface area contributed by atoms with E-state index >= 15 is 0 Å². The average Bonchev–Trinajstić information content (AvgIpc) is 2.74. The molecule has 2 aromatic rings. The molecule has 1 N–H and O–H groups in total. The molecule has 0 aliphatic carbocycles. The van der Waals surface area contributed by atoms with Crippen molar-refractivity contribution in [3.05, 3.63) is 34.7 Å². The molecule has 0 atom stereocenters. The molecule has 2 nitrogen and oxygen atoms in total. The molecule has 0 amide bonds. The number of fused-ring (bicyclic) bond motifs is 1. The van der Waals surface area contributed by atoms with Gasteiger partial charge in [0.2, 0.25) is 0 Å². The number of carbonyl (C=O) groups is 1. The van der Waals surface area contributed by atoms with Gasteiger partial charge in [-0.15, -0.1) is 11.3 Å². The van der Waals surface area contributed by atoms with Crippen LogP contribution in [-0.4, -0.2) is 11.1 Å². The summed E-state index contributed by atoms with van der Waals surface area (Å²) in [6.07, 6.45) is 1.85. The number of carboxylic acid groups (broad SMARTS) is 1. The van der Waals surface area contributed by atoms with Crippen LogP contribution in [0.5, 0.6) is 0 Å². The third-order valence-corrected chi connectivity index (χ3v) is 3.77. The highest BCUT2D eigenvalue weighted by molar-refractivity contribution is 7.17. The first-order valence-corrected chi connectivity index (χ1v) is 6.30. The lowest BCUT2D eigenvalue weighted by Crippen LogP contribution is -1.97. The minimum absolute atomic E-state index is 0.207. The van der Waals surface area contributed by atoms with Crippen LogP contribution >= 0.6 is 11.3 Å². The van der Waals surface area contributed by atoms with Crippen molar-refractivity contribution in [2.24, 2.45) is 0 Å². The summed E-state index contributed by atoms with van der Waals surface area (Å²) in [7, 11) is 0. The lowest BCUT2D eigenvalue weighted by Gasteiger charge is -2.05. The van der Waals surface area contributed by atoms with Crippen molar-refractivity contribution < 1.29 is 9.90 Å². The highest BCUT2D eigenvalue weighted by atomic mass is 32.1. The standard InChI is InChI=1S/C13H14O2S/c1-2-9-3-4-10(5-6-12(14)15)13-11(9)7-8-16-13/h3-4,7-8H,2,5-6H2,1H3,(H,14,15). The molecule has 0 spiro atoms. The monoisotopic (exact) mass is 234 g/mol. The van der Waals surface area contributed by atoms with Gasteiger partial charge in [-0.2, -0.15) is 0 Å². The van der Waals surface area contributed by atoms with Crippen LogP contribution in [0.1, 0.15) is 24.5 Å². The van der Waals surface area contributed by atoms with Gasteiger partial charge in [-0.3, -0.25) is 4.79 Å². The fourth-order valence-electron chi connectivity index (χ4n) is 1.92. The first kappa shape index (κ1) is 11.1. The van der Waals surface area contributed by atoms with E-state index < -0.39 is 5.97 Å². The summed E-state index contributed by atoms with van der Waals surface area (Å²) in [4.78, 5) is 10.6. The second kappa shape index (κ2) is 4.66. The largest absolute Gasteiger partial charge is 0.481 e. The molecule has 16 heavy (non-hydrogen) atoms. The molecule has 0 aliphatic rings. The van der Waals surface area contributed by atoms with Gasteiger partial charge in [-0.1, -0.05) is 19.1 Å². The molecule has 0 unspecified atom stereocenters. The third kappa shape index (κ3) is 2.09. The van der Waals surface area contributed by atoms with Crippen LogP contribution in [0.2, 0.25) is 0 Å². The number of rotatable bonds is 4. The summed E-state index contributed by atoms with van der Waals surface area (Å²) in [5, 5.41) is 12.1. The molecule has 0 radical (unpaired) electrons. The second-order valence-corrected chi connectivity index (χ2v) is 4.71. The van der Waals surface area contributed by atoms with Gasteiger partial charge in [0.25, 0.3) is 0 Å². The zero-order chi connectivity index (χ0) is 11.5. The number of hydrogen-bond donors (Lipinski definition) is 1. The Balaban J connectivity index is 2.39. The number of hydrogen-bond acceptors (Lipinski definition) is 2. The van der Waals surface area contributed by atoms with Gasteiger partial charge in [0.1, 0.15) is 0 Å². The molecule has 0 aliphatic heterocycles. The van der Waals surface area contributed by atoms with E-state index in [1.165, 1.54) is 15.6 Å². The zero-order valence-corrected chi connectivity index (χ0v) is 10.0. The van der Waals surface area contributed by atoms with E-state index in [0.717, 1.165) is 12.0 Å². The summed E-state index contributed by atoms with van der Waals surface area (Å²) in [5.41, 5.74) is 2.50. The second-order valence-electron chi connectivity index (χ2n) is 3.79. The Labute approximate surface area is 98.5 Å². The maximum Gasteiger partial charge on any atom is 0.303 e. The summed E-state index contributed by atoms with van der Waals surface area (Å²) < 4.78 is 1.25. The quantitative estimate of drug-likeness (QED) is 0.879. The Bertz CT molecular complexity index is 514. The number of carboxylic acids is 1. The van der Waals surface area contributed by atoms with Crippen molar-refractivity contribution in [2.45, 2.75) is 26.2 Å². The lowest BCUT2D eigenvalue weighted by molar-refractivity contribution is -0.136. The van der Waals surface area contributed by atoms with Crippen LogP contribution in [0.25, 0.3) is 10.1 Å². The molecule has 2 rings (SSSR count). The molecule has 0 saturated heterocycles. The van der Waals surface area contributed by atoms with Crippen LogP contribution in [-0.2, 0) is 17.6 Å². The topological polar surface area (TPSA) is 37.3 Å². The predicted octanol–water partition coefficient (Wildman–Crippen LogP) is 3.48. The van der Waals surface area contributed by atoms with E-state index in [2.05, 4.69) is 30.5 Å². The van der Waals surface area contributed by atoms with Crippen molar-refractivity contribution in [2.75, 3.05) is 0 Å². The molecular weight excluding hydrogens is 220 g/mol. The Morgan fingerprint density at radius 2 is 2.06 bits per heavy atom. The first-order chi connectivity index (χ1) is 7.72. The fraction of sp³-hybridized carbons (Fsp3) is 0.308. The summed E-state index contributed by atoms with van der Waals surface area (Å²) in [5.74, 6) is -0.732. The lowest BCUT2D eigenvalue weighted by atomic mass is 10.0. The van der Waals surface area contributed by atoms with Crippen LogP contribution in [0, 0.1) is 0 Å². The molecular formula is C13H14O2S. The third-order valence-electron chi connectivity index (χ3n) is 2.78. The van der Waals surface area contributed by atoms with Gasteiger partial charge in [-0.25, -0.2) is 0 Å². The van der Waals surface area contributed by atoms with E-state index in [-0.39, 0.29) is 6.42 Å². The van der Waals surface area contributed by atoms with Gasteiger partial charge in [0, 0.05) is 11.1 Å². The highest BCUT2D eigenvalue weighted by Crippen LogP contribution is 2.29. The van der Waals surface area contributed by atoms with Crippen molar-refractivity contribution >= 4 is 27.4 Å². The molecule has 1 aromatic carbocycles. The van der Waals surface area contributed by atoms with E-state index in [4.69, 9.17) is 5.11 Å². The Hall–Kier alpha value is -1.35. The van der Waals surface area contributed by atoms with Gasteiger partial charge in [-0.05, 0) is 40.8 Å². The van der Waals surface area contributed by atoms with Gasteiger partial charge in [0.15, 0.2) is 0 Å². The average molecular weight is 234 g/mol. The number of aliphatic carboxylic acids is 1. The Morgan fingerprint density at radius 3 is 2.75 bits per heavy atom. The highest BCUT2D eigenvalue weighted by Gasteiger charge is 2.07. The minimum atomic E-state index is -0.732. The van der Waals surface area contributed by atoms with Crippen molar-refractivity contribution in [1.82, 2.24) is 0 Å². The zero-order valence-electron chi connectivity index (χ0n) is 9.19. The minimum Gasteiger partial charge on any atom is -0.481 e. The molecule has 3 heteroatoms. The summed E-state index contributed by atoms with van der Waals surface area (Å²) >= 11 is 1.70. The maximum atomic E-state index is 10.6. The molecule has 0 fully saturated rings. The van der Waals surface area contributed by atoms with E-state index in [9.17, 15) is 4.79 Å². The van der Waals surface area contributed by atoms with Gasteiger partial charge >= 0.3 is 5.97 Å². The van der Waals surface area contributed by atoms with Gasteiger partial charge in [0.05, 0.1) is 0 Å². The number of benzene rings is 1. The fourth-order valence-corrected chi connectivity index (χ4v) is 2.91. The molecule has 1 aromatic heterocycles. The van der Waals surface area contributed by atoms with Crippen LogP contribution in [0.15, 0.2) is 23.6 Å². The van der Waals surface area contributed by atoms with E-state index in [1.807, 2.05) is 0 Å². The summed E-state index contributed by atoms with van der Waals surface area (Å²) in [6.45, 7) is 2.14. The van der Waals surface area contributed by atoms with Crippen molar-refractivity contribution in [3.8, 4) is 0 Å². The molecule has 1 heterocycles. The maximum absolute atomic E-state index is 10.6. The smallest absolute Gasteiger partial charge is 0.303 e. The van der Waals surface area contributed by atoms with Crippen molar-refractivity contribution in [3.63, 3.8) is 0 Å². The Kier molecular flexibility index (Phi) is 3.25. The predicted molar refractivity (Wildman–Crippen MR) is 67.2 cm³/mol. The van der Waals surface area contributed by atoms with Crippen LogP contribution in [0.3, 0.4) is 0 Å². The molecule has 0 bridgehead atoms. The molecule has 84 valence electrons. The summed E-state index contributed by atoms with van der Waals surface area (Å²) in [6, 6.07) is 6.32. The van der Waals surface area contributed by atoms with Gasteiger partial charge < -0.3 is 5.11 Å².